The van der Waals surface area contributed by atoms with E-state index in [1.54, 1.807) is 0 Å². The van der Waals surface area contributed by atoms with Crippen LogP contribution < -0.4 is 10.5 Å². The van der Waals surface area contributed by atoms with Crippen molar-refractivity contribution in [3.8, 4) is 5.75 Å². The number of hydrogen-bond acceptors (Lipinski definition) is 3. The van der Waals surface area contributed by atoms with E-state index in [1.165, 1.54) is 5.56 Å². The summed E-state index contributed by atoms with van der Waals surface area (Å²) in [6.45, 7) is 10.5. The Bertz CT molecular complexity index is 732. The first kappa shape index (κ1) is 19.0. The number of rotatable bonds is 7. The van der Waals surface area contributed by atoms with Crippen LogP contribution >= 0.6 is 0 Å². The average molecular weight is 339 g/mol. The van der Waals surface area contributed by atoms with Crippen molar-refractivity contribution in [3.05, 3.63) is 59.2 Å². The number of carbonyl (C=O) groups is 1. The van der Waals surface area contributed by atoms with Crippen molar-refractivity contribution >= 4 is 11.5 Å². The molecule has 0 bridgehead atoms. The monoisotopic (exact) mass is 339 g/mol. The SMILES string of the molecule is CCC(Oc1ccc(C)cc1N)C(=O)c1ccc(C(C)(C)CC)cc1. The number of carbonyl (C=O) groups excluding carboxylic acids is 1. The fourth-order valence-electron chi connectivity index (χ4n) is 2.73. The van der Waals surface area contributed by atoms with E-state index in [-0.39, 0.29) is 11.2 Å². The second-order valence-corrected chi connectivity index (χ2v) is 7.24. The average Bonchev–Trinajstić information content (AvgIpc) is 2.60. The Balaban J connectivity index is 2.19. The first-order valence-electron chi connectivity index (χ1n) is 8.96. The molecule has 0 aliphatic heterocycles. The van der Waals surface area contributed by atoms with Gasteiger partial charge in [-0.2, -0.15) is 0 Å². The summed E-state index contributed by atoms with van der Waals surface area (Å²) < 4.78 is 5.91. The molecular formula is C22H29NO2. The van der Waals surface area contributed by atoms with E-state index in [0.29, 0.717) is 23.4 Å². The lowest BCUT2D eigenvalue weighted by Crippen LogP contribution is -2.27. The molecule has 0 saturated carbocycles. The third-order valence-electron chi connectivity index (χ3n) is 4.93. The highest BCUT2D eigenvalue weighted by molar-refractivity contribution is 5.99. The van der Waals surface area contributed by atoms with Crippen LogP contribution in [0.25, 0.3) is 0 Å². The van der Waals surface area contributed by atoms with Gasteiger partial charge in [0.25, 0.3) is 0 Å². The lowest BCUT2D eigenvalue weighted by Gasteiger charge is -2.24. The quantitative estimate of drug-likeness (QED) is 0.550. The number of nitrogen functional groups attached to an aromatic ring is 1. The molecule has 25 heavy (non-hydrogen) atoms. The van der Waals surface area contributed by atoms with Crippen LogP contribution in [0.15, 0.2) is 42.5 Å². The fraction of sp³-hybridized carbons (Fsp3) is 0.409. The van der Waals surface area contributed by atoms with Crippen LogP contribution in [-0.2, 0) is 5.41 Å². The van der Waals surface area contributed by atoms with E-state index in [0.717, 1.165) is 12.0 Å². The predicted molar refractivity (Wildman–Crippen MR) is 104 cm³/mol. The number of ketones is 1. The summed E-state index contributed by atoms with van der Waals surface area (Å²) in [5, 5.41) is 0. The van der Waals surface area contributed by atoms with Crippen molar-refractivity contribution in [2.45, 2.75) is 59.0 Å². The molecule has 2 aromatic rings. The molecule has 2 N–H and O–H groups in total. The van der Waals surface area contributed by atoms with Gasteiger partial charge in [-0.05, 0) is 48.4 Å². The van der Waals surface area contributed by atoms with Gasteiger partial charge in [-0.15, -0.1) is 0 Å². The molecule has 0 aliphatic rings. The zero-order valence-corrected chi connectivity index (χ0v) is 15.9. The lowest BCUT2D eigenvalue weighted by atomic mass is 9.82. The first-order chi connectivity index (χ1) is 11.8. The summed E-state index contributed by atoms with van der Waals surface area (Å²) in [6.07, 6.45) is 1.11. The highest BCUT2D eigenvalue weighted by Crippen LogP contribution is 2.28. The zero-order chi connectivity index (χ0) is 18.6. The van der Waals surface area contributed by atoms with Crippen LogP contribution in [-0.4, -0.2) is 11.9 Å². The van der Waals surface area contributed by atoms with Crippen molar-refractivity contribution in [1.29, 1.82) is 0 Å². The molecule has 2 rings (SSSR count). The Labute approximate surface area is 151 Å². The molecule has 0 saturated heterocycles. The van der Waals surface area contributed by atoms with Crippen LogP contribution in [0.3, 0.4) is 0 Å². The number of benzene rings is 2. The summed E-state index contributed by atoms with van der Waals surface area (Å²) in [5.74, 6) is 0.554. The number of Topliss-reactive ketones (excluding diaryl/α,β-unsaturated/α-hetero) is 1. The Hall–Kier alpha value is -2.29. The summed E-state index contributed by atoms with van der Waals surface area (Å²) in [5.41, 5.74) is 9.66. The molecule has 0 heterocycles. The Morgan fingerprint density at radius 3 is 2.28 bits per heavy atom. The molecule has 0 fully saturated rings. The summed E-state index contributed by atoms with van der Waals surface area (Å²) in [6, 6.07) is 13.5. The molecular weight excluding hydrogens is 310 g/mol. The van der Waals surface area contributed by atoms with Crippen molar-refractivity contribution < 1.29 is 9.53 Å². The number of anilines is 1. The Kier molecular flexibility index (Phi) is 5.89. The van der Waals surface area contributed by atoms with Crippen molar-refractivity contribution in [2.75, 3.05) is 5.73 Å². The molecule has 0 aromatic heterocycles. The summed E-state index contributed by atoms with van der Waals surface area (Å²) >= 11 is 0. The molecule has 0 radical (unpaired) electrons. The third-order valence-corrected chi connectivity index (χ3v) is 4.93. The van der Waals surface area contributed by atoms with Crippen LogP contribution in [0, 0.1) is 6.92 Å². The van der Waals surface area contributed by atoms with Crippen LogP contribution in [0.4, 0.5) is 5.69 Å². The van der Waals surface area contributed by atoms with Gasteiger partial charge in [0.15, 0.2) is 6.10 Å². The van der Waals surface area contributed by atoms with E-state index in [1.807, 2.05) is 56.3 Å². The van der Waals surface area contributed by atoms with Gasteiger partial charge < -0.3 is 10.5 Å². The van der Waals surface area contributed by atoms with Gasteiger partial charge in [-0.25, -0.2) is 0 Å². The van der Waals surface area contributed by atoms with Crippen LogP contribution in [0.1, 0.15) is 62.0 Å². The van der Waals surface area contributed by atoms with Crippen LogP contribution in [0.5, 0.6) is 5.75 Å². The standard InChI is InChI=1S/C22H29NO2/c1-6-19(25-20-13-8-15(3)14-18(20)23)21(24)16-9-11-17(12-10-16)22(4,5)7-2/h8-14,19H,6-7,23H2,1-5H3. The molecule has 0 aliphatic carbocycles. The highest BCUT2D eigenvalue weighted by Gasteiger charge is 2.23. The van der Waals surface area contributed by atoms with Crippen molar-refractivity contribution in [1.82, 2.24) is 0 Å². The fourth-order valence-corrected chi connectivity index (χ4v) is 2.73. The normalized spacial score (nSPS) is 12.7. The topological polar surface area (TPSA) is 52.3 Å². The molecule has 1 atom stereocenters. The third kappa shape index (κ3) is 4.41. The van der Waals surface area contributed by atoms with E-state index in [4.69, 9.17) is 10.5 Å². The van der Waals surface area contributed by atoms with E-state index in [9.17, 15) is 4.79 Å². The molecule has 2 aromatic carbocycles. The van der Waals surface area contributed by atoms with Crippen molar-refractivity contribution in [3.63, 3.8) is 0 Å². The Morgan fingerprint density at radius 1 is 1.12 bits per heavy atom. The summed E-state index contributed by atoms with van der Waals surface area (Å²) in [4.78, 5) is 12.8. The molecule has 3 heteroatoms. The smallest absolute Gasteiger partial charge is 0.203 e. The number of nitrogens with two attached hydrogens (primary N) is 1. The van der Waals surface area contributed by atoms with Gasteiger partial charge in [-0.3, -0.25) is 4.79 Å². The van der Waals surface area contributed by atoms with E-state index >= 15 is 0 Å². The Morgan fingerprint density at radius 2 is 1.76 bits per heavy atom. The molecule has 0 spiro atoms. The molecule has 1 unspecified atom stereocenters. The lowest BCUT2D eigenvalue weighted by molar-refractivity contribution is 0.0788. The van der Waals surface area contributed by atoms with Gasteiger partial charge in [0.1, 0.15) is 5.75 Å². The van der Waals surface area contributed by atoms with Gasteiger partial charge in [0, 0.05) is 5.56 Å². The van der Waals surface area contributed by atoms with E-state index < -0.39 is 6.10 Å². The van der Waals surface area contributed by atoms with Gasteiger partial charge in [-0.1, -0.05) is 58.0 Å². The van der Waals surface area contributed by atoms with Crippen molar-refractivity contribution in [2.24, 2.45) is 0 Å². The molecule has 3 nitrogen and oxygen atoms in total. The predicted octanol–water partition coefficient (Wildman–Crippen LogP) is 5.31. The largest absolute Gasteiger partial charge is 0.480 e. The highest BCUT2D eigenvalue weighted by atomic mass is 16.5. The maximum atomic E-state index is 12.8. The van der Waals surface area contributed by atoms with Crippen LogP contribution in [0.2, 0.25) is 0 Å². The minimum absolute atomic E-state index is 0.0108. The number of ether oxygens (including phenoxy) is 1. The second-order valence-electron chi connectivity index (χ2n) is 7.24. The number of hydrogen-bond donors (Lipinski definition) is 1. The minimum atomic E-state index is -0.532. The number of aryl methyl sites for hydroxylation is 1. The maximum absolute atomic E-state index is 12.8. The second kappa shape index (κ2) is 7.73. The van der Waals surface area contributed by atoms with E-state index in [2.05, 4.69) is 20.8 Å². The van der Waals surface area contributed by atoms with Gasteiger partial charge in [0.05, 0.1) is 5.69 Å². The maximum Gasteiger partial charge on any atom is 0.203 e. The minimum Gasteiger partial charge on any atom is -0.480 e. The molecule has 0 amide bonds. The first-order valence-corrected chi connectivity index (χ1v) is 8.96. The summed E-state index contributed by atoms with van der Waals surface area (Å²) in [7, 11) is 0. The van der Waals surface area contributed by atoms with Gasteiger partial charge in [0.2, 0.25) is 5.78 Å². The zero-order valence-electron chi connectivity index (χ0n) is 15.9. The van der Waals surface area contributed by atoms with Gasteiger partial charge >= 0.3 is 0 Å². The molecule has 134 valence electrons.